The highest BCUT2D eigenvalue weighted by Gasteiger charge is 2.30. The van der Waals surface area contributed by atoms with E-state index in [0.29, 0.717) is 10.8 Å². The predicted molar refractivity (Wildman–Crippen MR) is 83.6 cm³/mol. The van der Waals surface area contributed by atoms with Gasteiger partial charge in [0, 0.05) is 23.9 Å². The fourth-order valence-electron chi connectivity index (χ4n) is 3.19. The molecule has 2 atom stereocenters. The van der Waals surface area contributed by atoms with E-state index in [9.17, 15) is 0 Å². The molecule has 104 valence electrons. The van der Waals surface area contributed by atoms with E-state index in [1.54, 1.807) is 0 Å². The first-order valence-electron chi connectivity index (χ1n) is 7.43. The third-order valence-corrected chi connectivity index (χ3v) is 5.92. The van der Waals surface area contributed by atoms with Gasteiger partial charge in [-0.3, -0.25) is 0 Å². The summed E-state index contributed by atoms with van der Waals surface area (Å²) in [4.78, 5) is 0. The highest BCUT2D eigenvalue weighted by atomic mass is 32.2. The van der Waals surface area contributed by atoms with E-state index in [0.717, 1.165) is 19.6 Å². The van der Waals surface area contributed by atoms with Crippen molar-refractivity contribution in [2.24, 2.45) is 0 Å². The minimum absolute atomic E-state index is 0.453. The number of hydrogen-bond donors (Lipinski definition) is 2. The summed E-state index contributed by atoms with van der Waals surface area (Å²) >= 11 is 2.14. The van der Waals surface area contributed by atoms with Crippen molar-refractivity contribution in [3.63, 3.8) is 0 Å². The van der Waals surface area contributed by atoms with Gasteiger partial charge in [0.2, 0.25) is 0 Å². The lowest BCUT2D eigenvalue weighted by atomic mass is 9.98. The topological polar surface area (TPSA) is 24.1 Å². The summed E-state index contributed by atoms with van der Waals surface area (Å²) in [6, 6.07) is 9.39. The highest BCUT2D eigenvalue weighted by Crippen LogP contribution is 2.37. The Labute approximate surface area is 120 Å². The summed E-state index contributed by atoms with van der Waals surface area (Å²) in [6.07, 6.45) is 3.93. The molecule has 3 heteroatoms. The van der Waals surface area contributed by atoms with Crippen LogP contribution in [0.25, 0.3) is 0 Å². The van der Waals surface area contributed by atoms with Gasteiger partial charge in [-0.05, 0) is 49.6 Å². The van der Waals surface area contributed by atoms with Crippen LogP contribution in [-0.2, 0) is 6.54 Å². The molecule has 0 aromatic heterocycles. The lowest BCUT2D eigenvalue weighted by Gasteiger charge is -2.27. The predicted octanol–water partition coefficient (Wildman–Crippen LogP) is 3.10. The largest absolute Gasteiger partial charge is 0.313 e. The molecule has 0 spiro atoms. The minimum Gasteiger partial charge on any atom is -0.313 e. The Bertz CT molecular complexity index is 427. The fourth-order valence-corrected chi connectivity index (χ4v) is 4.44. The average molecular weight is 276 g/mol. The molecule has 1 aromatic rings. The van der Waals surface area contributed by atoms with Crippen molar-refractivity contribution in [1.29, 1.82) is 0 Å². The van der Waals surface area contributed by atoms with Crippen LogP contribution in [0.4, 0.5) is 0 Å². The highest BCUT2D eigenvalue weighted by molar-refractivity contribution is 8.00. The van der Waals surface area contributed by atoms with Gasteiger partial charge in [0.15, 0.2) is 0 Å². The Morgan fingerprint density at radius 3 is 3.16 bits per heavy atom. The van der Waals surface area contributed by atoms with Crippen LogP contribution in [0, 0.1) is 0 Å². The van der Waals surface area contributed by atoms with Crippen LogP contribution in [0.3, 0.4) is 0 Å². The van der Waals surface area contributed by atoms with E-state index in [1.807, 2.05) is 0 Å². The Morgan fingerprint density at radius 1 is 1.42 bits per heavy atom. The molecule has 2 N–H and O–H groups in total. The standard InChI is InChI=1S/C16H24N2S/c1-16(8-4-10-19-16)12-18-15-7-9-17-11-13-5-2-3-6-14(13)15/h2-3,5-6,15,17-18H,4,7-12H2,1H3. The van der Waals surface area contributed by atoms with Crippen molar-refractivity contribution in [2.75, 3.05) is 18.8 Å². The third-order valence-electron chi connectivity index (χ3n) is 4.38. The smallest absolute Gasteiger partial charge is 0.0336 e. The van der Waals surface area contributed by atoms with Crippen molar-refractivity contribution >= 4 is 11.8 Å². The quantitative estimate of drug-likeness (QED) is 0.887. The zero-order valence-corrected chi connectivity index (χ0v) is 12.6. The summed E-state index contributed by atoms with van der Waals surface area (Å²) in [7, 11) is 0. The molecule has 0 bridgehead atoms. The molecule has 0 aliphatic carbocycles. The molecule has 0 saturated carbocycles. The normalized spacial score (nSPS) is 30.9. The van der Waals surface area contributed by atoms with E-state index in [4.69, 9.17) is 0 Å². The third kappa shape index (κ3) is 3.15. The van der Waals surface area contributed by atoms with Crippen molar-refractivity contribution < 1.29 is 0 Å². The van der Waals surface area contributed by atoms with Crippen LogP contribution in [0.1, 0.15) is 43.4 Å². The first-order chi connectivity index (χ1) is 9.27. The molecule has 2 aliphatic heterocycles. The van der Waals surface area contributed by atoms with Gasteiger partial charge in [0.25, 0.3) is 0 Å². The van der Waals surface area contributed by atoms with Gasteiger partial charge < -0.3 is 10.6 Å². The zero-order chi connectivity index (χ0) is 13.1. The SMILES string of the molecule is CC1(CNC2CCNCc3ccccc32)CCCS1. The zero-order valence-electron chi connectivity index (χ0n) is 11.7. The molecular weight excluding hydrogens is 252 g/mol. The van der Waals surface area contributed by atoms with Crippen LogP contribution in [0.2, 0.25) is 0 Å². The molecule has 1 saturated heterocycles. The molecule has 2 unspecified atom stereocenters. The molecule has 2 nitrogen and oxygen atoms in total. The molecule has 1 aromatic carbocycles. The summed E-state index contributed by atoms with van der Waals surface area (Å²) in [5.74, 6) is 1.33. The van der Waals surface area contributed by atoms with Gasteiger partial charge in [-0.2, -0.15) is 11.8 Å². The van der Waals surface area contributed by atoms with Crippen LogP contribution < -0.4 is 10.6 Å². The second-order valence-electron chi connectivity index (χ2n) is 6.00. The van der Waals surface area contributed by atoms with E-state index in [1.165, 1.54) is 36.1 Å². The van der Waals surface area contributed by atoms with Crippen molar-refractivity contribution in [2.45, 2.75) is 43.5 Å². The molecular formula is C16H24N2S. The number of hydrogen-bond acceptors (Lipinski definition) is 3. The van der Waals surface area contributed by atoms with Gasteiger partial charge in [0.1, 0.15) is 0 Å². The maximum atomic E-state index is 3.84. The number of nitrogens with one attached hydrogen (secondary N) is 2. The molecule has 2 aliphatic rings. The number of rotatable bonds is 3. The van der Waals surface area contributed by atoms with Crippen LogP contribution in [0.5, 0.6) is 0 Å². The minimum atomic E-state index is 0.453. The van der Waals surface area contributed by atoms with Gasteiger partial charge in [-0.1, -0.05) is 24.3 Å². The lowest BCUT2D eigenvalue weighted by molar-refractivity contribution is 0.451. The van der Waals surface area contributed by atoms with Crippen LogP contribution >= 0.6 is 11.8 Å². The Kier molecular flexibility index (Phi) is 4.15. The van der Waals surface area contributed by atoms with E-state index >= 15 is 0 Å². The maximum Gasteiger partial charge on any atom is 0.0336 e. The summed E-state index contributed by atoms with van der Waals surface area (Å²) in [6.45, 7) is 5.67. The van der Waals surface area contributed by atoms with E-state index in [2.05, 4.69) is 53.6 Å². The lowest BCUT2D eigenvalue weighted by Crippen LogP contribution is -2.35. The summed E-state index contributed by atoms with van der Waals surface area (Å²) in [5, 5.41) is 7.37. The van der Waals surface area contributed by atoms with Gasteiger partial charge >= 0.3 is 0 Å². The summed E-state index contributed by atoms with van der Waals surface area (Å²) < 4.78 is 0.453. The first-order valence-corrected chi connectivity index (χ1v) is 8.41. The Balaban J connectivity index is 1.70. The summed E-state index contributed by atoms with van der Waals surface area (Å²) in [5.41, 5.74) is 2.96. The van der Waals surface area contributed by atoms with E-state index in [-0.39, 0.29) is 0 Å². The molecule has 19 heavy (non-hydrogen) atoms. The van der Waals surface area contributed by atoms with Gasteiger partial charge in [-0.25, -0.2) is 0 Å². The van der Waals surface area contributed by atoms with Crippen molar-refractivity contribution in [3.8, 4) is 0 Å². The molecule has 3 rings (SSSR count). The number of thioether (sulfide) groups is 1. The Morgan fingerprint density at radius 2 is 2.32 bits per heavy atom. The second kappa shape index (κ2) is 5.86. The molecule has 0 radical (unpaired) electrons. The van der Waals surface area contributed by atoms with Crippen LogP contribution in [-0.4, -0.2) is 23.6 Å². The molecule has 0 amide bonds. The van der Waals surface area contributed by atoms with Crippen molar-refractivity contribution in [1.82, 2.24) is 10.6 Å². The van der Waals surface area contributed by atoms with Gasteiger partial charge in [0.05, 0.1) is 0 Å². The van der Waals surface area contributed by atoms with Crippen molar-refractivity contribution in [3.05, 3.63) is 35.4 Å². The fraction of sp³-hybridized carbons (Fsp3) is 0.625. The van der Waals surface area contributed by atoms with E-state index < -0.39 is 0 Å². The average Bonchev–Trinajstić information content (AvgIpc) is 2.75. The van der Waals surface area contributed by atoms with Gasteiger partial charge in [-0.15, -0.1) is 0 Å². The molecule has 2 heterocycles. The molecule has 1 fully saturated rings. The number of fused-ring (bicyclic) bond motifs is 1. The Hall–Kier alpha value is -0.510. The maximum absolute atomic E-state index is 3.84. The second-order valence-corrected chi connectivity index (χ2v) is 7.68. The number of benzene rings is 1. The first kappa shape index (κ1) is 13.5. The van der Waals surface area contributed by atoms with Crippen LogP contribution in [0.15, 0.2) is 24.3 Å². The monoisotopic (exact) mass is 276 g/mol.